The van der Waals surface area contributed by atoms with Crippen molar-refractivity contribution in [2.75, 3.05) is 19.8 Å². The van der Waals surface area contributed by atoms with E-state index in [0.29, 0.717) is 25.5 Å². The van der Waals surface area contributed by atoms with E-state index in [2.05, 4.69) is 23.5 Å². The van der Waals surface area contributed by atoms with E-state index in [1.165, 1.54) is 5.57 Å². The summed E-state index contributed by atoms with van der Waals surface area (Å²) in [7, 11) is 0. The SMILES string of the molecule is N/C(=C\NC[C@@H](N)COCC1=CCCC=C1)c1ccccc1. The van der Waals surface area contributed by atoms with Crippen molar-refractivity contribution in [2.45, 2.75) is 18.9 Å². The minimum atomic E-state index is -0.0620. The largest absolute Gasteiger partial charge is 0.397 e. The summed E-state index contributed by atoms with van der Waals surface area (Å²) >= 11 is 0. The topological polar surface area (TPSA) is 73.3 Å². The Morgan fingerprint density at radius 2 is 2.09 bits per heavy atom. The Balaban J connectivity index is 1.64. The molecule has 4 heteroatoms. The van der Waals surface area contributed by atoms with Crippen LogP contribution in [-0.4, -0.2) is 25.8 Å². The molecule has 0 unspecified atom stereocenters. The average Bonchev–Trinajstić information content (AvgIpc) is 2.56. The highest BCUT2D eigenvalue weighted by molar-refractivity contribution is 5.61. The van der Waals surface area contributed by atoms with Gasteiger partial charge in [0.25, 0.3) is 0 Å². The third-order valence-electron chi connectivity index (χ3n) is 3.42. The van der Waals surface area contributed by atoms with Crippen molar-refractivity contribution in [1.29, 1.82) is 0 Å². The summed E-state index contributed by atoms with van der Waals surface area (Å²) in [5, 5.41) is 3.15. The molecule has 1 aliphatic rings. The Morgan fingerprint density at radius 3 is 2.82 bits per heavy atom. The lowest BCUT2D eigenvalue weighted by Gasteiger charge is -2.14. The van der Waals surface area contributed by atoms with Gasteiger partial charge in [0, 0.05) is 18.8 Å². The molecule has 5 N–H and O–H groups in total. The highest BCUT2D eigenvalue weighted by Crippen LogP contribution is 2.09. The van der Waals surface area contributed by atoms with Gasteiger partial charge in [0.15, 0.2) is 0 Å². The minimum absolute atomic E-state index is 0.0620. The quantitative estimate of drug-likeness (QED) is 0.688. The molecule has 1 aliphatic carbocycles. The summed E-state index contributed by atoms with van der Waals surface area (Å²) in [6, 6.07) is 9.78. The fraction of sp³-hybridized carbons (Fsp3) is 0.333. The van der Waals surface area contributed by atoms with Crippen molar-refractivity contribution in [3.05, 3.63) is 65.9 Å². The summed E-state index contributed by atoms with van der Waals surface area (Å²) in [6.07, 6.45) is 10.5. The van der Waals surface area contributed by atoms with Gasteiger partial charge in [-0.05, 0) is 24.0 Å². The van der Waals surface area contributed by atoms with Gasteiger partial charge >= 0.3 is 0 Å². The van der Waals surface area contributed by atoms with Crippen LogP contribution in [0.5, 0.6) is 0 Å². The fourth-order valence-electron chi connectivity index (χ4n) is 2.20. The molecule has 2 rings (SSSR count). The maximum atomic E-state index is 6.02. The summed E-state index contributed by atoms with van der Waals surface area (Å²) < 4.78 is 5.64. The molecule has 0 saturated heterocycles. The molecule has 0 amide bonds. The van der Waals surface area contributed by atoms with Crippen LogP contribution in [-0.2, 0) is 4.74 Å². The van der Waals surface area contributed by atoms with E-state index >= 15 is 0 Å². The number of hydrogen-bond donors (Lipinski definition) is 3. The third-order valence-corrected chi connectivity index (χ3v) is 3.42. The molecule has 0 fully saturated rings. The lowest BCUT2D eigenvalue weighted by atomic mass is 10.1. The second-order valence-corrected chi connectivity index (χ2v) is 5.41. The van der Waals surface area contributed by atoms with Crippen molar-refractivity contribution in [1.82, 2.24) is 5.32 Å². The Hall–Kier alpha value is -2.04. The predicted molar refractivity (Wildman–Crippen MR) is 91.9 cm³/mol. The molecule has 1 aromatic carbocycles. The van der Waals surface area contributed by atoms with Gasteiger partial charge < -0.3 is 21.5 Å². The number of allylic oxidation sites excluding steroid dienone is 2. The van der Waals surface area contributed by atoms with E-state index in [1.807, 2.05) is 30.3 Å². The number of nitrogens with one attached hydrogen (secondary N) is 1. The van der Waals surface area contributed by atoms with Gasteiger partial charge in [0.1, 0.15) is 0 Å². The first-order valence-corrected chi connectivity index (χ1v) is 7.69. The van der Waals surface area contributed by atoms with Crippen molar-refractivity contribution >= 4 is 5.70 Å². The summed E-state index contributed by atoms with van der Waals surface area (Å²) in [5.41, 5.74) is 14.9. The monoisotopic (exact) mass is 299 g/mol. The molecular weight excluding hydrogens is 274 g/mol. The first-order valence-electron chi connectivity index (χ1n) is 7.69. The van der Waals surface area contributed by atoms with Gasteiger partial charge in [-0.3, -0.25) is 0 Å². The zero-order valence-electron chi connectivity index (χ0n) is 12.9. The maximum Gasteiger partial charge on any atom is 0.0714 e. The zero-order valence-corrected chi connectivity index (χ0v) is 12.9. The number of hydrogen-bond acceptors (Lipinski definition) is 4. The van der Waals surface area contributed by atoms with Crippen LogP contribution in [0.15, 0.2) is 60.3 Å². The molecule has 0 spiro atoms. The fourth-order valence-corrected chi connectivity index (χ4v) is 2.20. The maximum absolute atomic E-state index is 6.02. The standard InChI is InChI=1S/C18H25N3O/c19-17(14-22-13-15-7-3-1-4-8-15)11-21-12-18(20)16-9-5-2-6-10-16/h2-3,5-10,12,17,21H,1,4,11,13-14,19-20H2/b18-12-/t17-/m1/s1. The smallest absolute Gasteiger partial charge is 0.0714 e. The normalized spacial score (nSPS) is 16.2. The molecule has 1 aromatic rings. The first-order chi connectivity index (χ1) is 10.8. The Labute approximate surface area is 132 Å². The van der Waals surface area contributed by atoms with Crippen LogP contribution < -0.4 is 16.8 Å². The third kappa shape index (κ3) is 5.76. The van der Waals surface area contributed by atoms with E-state index in [-0.39, 0.29) is 6.04 Å². The van der Waals surface area contributed by atoms with Gasteiger partial charge in [-0.15, -0.1) is 0 Å². The molecule has 22 heavy (non-hydrogen) atoms. The Bertz CT molecular complexity index is 535. The van der Waals surface area contributed by atoms with E-state index in [4.69, 9.17) is 16.2 Å². The second-order valence-electron chi connectivity index (χ2n) is 5.41. The highest BCUT2D eigenvalue weighted by atomic mass is 16.5. The summed E-state index contributed by atoms with van der Waals surface area (Å²) in [6.45, 7) is 1.78. The molecule has 0 aromatic heterocycles. The van der Waals surface area contributed by atoms with Crippen LogP contribution in [0.1, 0.15) is 18.4 Å². The van der Waals surface area contributed by atoms with E-state index < -0.39 is 0 Å². The molecule has 1 atom stereocenters. The van der Waals surface area contributed by atoms with Gasteiger partial charge in [-0.1, -0.05) is 48.6 Å². The highest BCUT2D eigenvalue weighted by Gasteiger charge is 2.03. The molecule has 4 nitrogen and oxygen atoms in total. The number of nitrogens with two attached hydrogens (primary N) is 2. The van der Waals surface area contributed by atoms with E-state index in [0.717, 1.165) is 18.4 Å². The van der Waals surface area contributed by atoms with Crippen molar-refractivity contribution in [3.63, 3.8) is 0 Å². The van der Waals surface area contributed by atoms with Gasteiger partial charge in [-0.25, -0.2) is 0 Å². The summed E-state index contributed by atoms with van der Waals surface area (Å²) in [4.78, 5) is 0. The first kappa shape index (κ1) is 16.3. The van der Waals surface area contributed by atoms with Crippen LogP contribution in [0, 0.1) is 0 Å². The van der Waals surface area contributed by atoms with Gasteiger partial charge in [-0.2, -0.15) is 0 Å². The van der Waals surface area contributed by atoms with E-state index in [1.54, 1.807) is 6.20 Å². The zero-order chi connectivity index (χ0) is 15.6. The second kappa shape index (κ2) is 9.07. The Morgan fingerprint density at radius 1 is 1.27 bits per heavy atom. The number of benzene rings is 1. The molecule has 118 valence electrons. The van der Waals surface area contributed by atoms with Crippen LogP contribution in [0.2, 0.25) is 0 Å². The molecule has 0 aliphatic heterocycles. The molecule has 0 radical (unpaired) electrons. The average molecular weight is 299 g/mol. The Kier molecular flexibility index (Phi) is 6.74. The number of rotatable bonds is 8. The van der Waals surface area contributed by atoms with Crippen molar-refractivity contribution in [2.24, 2.45) is 11.5 Å². The van der Waals surface area contributed by atoms with Gasteiger partial charge in [0.05, 0.1) is 18.9 Å². The van der Waals surface area contributed by atoms with Crippen molar-refractivity contribution in [3.8, 4) is 0 Å². The van der Waals surface area contributed by atoms with Crippen LogP contribution in [0.4, 0.5) is 0 Å². The van der Waals surface area contributed by atoms with Gasteiger partial charge in [0.2, 0.25) is 0 Å². The molecule has 0 saturated carbocycles. The van der Waals surface area contributed by atoms with E-state index in [9.17, 15) is 0 Å². The minimum Gasteiger partial charge on any atom is -0.397 e. The molecule has 0 heterocycles. The lowest BCUT2D eigenvalue weighted by Crippen LogP contribution is -2.36. The van der Waals surface area contributed by atoms with Crippen LogP contribution in [0.25, 0.3) is 5.70 Å². The lowest BCUT2D eigenvalue weighted by molar-refractivity contribution is 0.143. The molecular formula is C18H25N3O. The van der Waals surface area contributed by atoms with Crippen molar-refractivity contribution < 1.29 is 4.74 Å². The number of ether oxygens (including phenoxy) is 1. The summed E-state index contributed by atoms with van der Waals surface area (Å²) in [5.74, 6) is 0. The predicted octanol–water partition coefficient (Wildman–Crippen LogP) is 2.15. The van der Waals surface area contributed by atoms with Crippen LogP contribution in [0.3, 0.4) is 0 Å². The molecule has 0 bridgehead atoms. The van der Waals surface area contributed by atoms with Crippen LogP contribution >= 0.6 is 0 Å².